The van der Waals surface area contributed by atoms with Crippen molar-refractivity contribution in [3.05, 3.63) is 24.4 Å². The molecule has 3 atom stereocenters. The fraction of sp³-hybridized carbons (Fsp3) is 0.562. The summed E-state index contributed by atoms with van der Waals surface area (Å²) in [6.07, 6.45) is 8.61. The Morgan fingerprint density at radius 3 is 3.05 bits per heavy atom. The van der Waals surface area contributed by atoms with Gasteiger partial charge in [-0.15, -0.1) is 0 Å². The number of aromatic amines is 1. The molecular formula is C16H22N4. The van der Waals surface area contributed by atoms with Gasteiger partial charge in [0.15, 0.2) is 0 Å². The Hall–Kier alpha value is -1.55. The molecule has 4 rings (SSSR count). The van der Waals surface area contributed by atoms with Gasteiger partial charge in [0.2, 0.25) is 0 Å². The van der Waals surface area contributed by atoms with Crippen LogP contribution in [0.2, 0.25) is 0 Å². The zero-order chi connectivity index (χ0) is 13.4. The summed E-state index contributed by atoms with van der Waals surface area (Å²) >= 11 is 0. The van der Waals surface area contributed by atoms with E-state index in [1.54, 1.807) is 0 Å². The van der Waals surface area contributed by atoms with Gasteiger partial charge in [-0.2, -0.15) is 5.10 Å². The summed E-state index contributed by atoms with van der Waals surface area (Å²) in [6, 6.07) is 7.68. The number of rotatable bonds is 3. The molecule has 2 aromatic rings. The molecule has 106 valence electrons. The van der Waals surface area contributed by atoms with Crippen LogP contribution in [-0.2, 0) is 0 Å². The van der Waals surface area contributed by atoms with Gasteiger partial charge < -0.3 is 10.6 Å². The van der Waals surface area contributed by atoms with Gasteiger partial charge in [0.05, 0.1) is 11.7 Å². The minimum atomic E-state index is 0.603. The van der Waals surface area contributed by atoms with E-state index in [0.717, 1.165) is 17.5 Å². The zero-order valence-corrected chi connectivity index (χ0v) is 11.7. The van der Waals surface area contributed by atoms with Gasteiger partial charge in [0.25, 0.3) is 0 Å². The number of nitrogens with one attached hydrogen (secondary N) is 3. The number of H-pyrrole nitrogens is 1. The summed E-state index contributed by atoms with van der Waals surface area (Å²) in [4.78, 5) is 0. The third kappa shape index (κ3) is 2.08. The van der Waals surface area contributed by atoms with Gasteiger partial charge in [0.1, 0.15) is 0 Å². The molecule has 0 bridgehead atoms. The van der Waals surface area contributed by atoms with Gasteiger partial charge in [-0.1, -0.05) is 12.5 Å². The molecular weight excluding hydrogens is 248 g/mol. The van der Waals surface area contributed by atoms with Crippen molar-refractivity contribution in [3.8, 4) is 0 Å². The number of hydrogen-bond donors (Lipinski definition) is 3. The number of fused-ring (bicyclic) bond motifs is 1. The van der Waals surface area contributed by atoms with Crippen LogP contribution in [0.3, 0.4) is 0 Å². The number of aromatic nitrogens is 2. The van der Waals surface area contributed by atoms with Crippen molar-refractivity contribution in [1.29, 1.82) is 0 Å². The summed E-state index contributed by atoms with van der Waals surface area (Å²) in [5, 5.41) is 15.9. The molecule has 4 heteroatoms. The van der Waals surface area contributed by atoms with E-state index in [0.29, 0.717) is 6.04 Å². The normalized spacial score (nSPS) is 30.1. The van der Waals surface area contributed by atoms with Crippen LogP contribution < -0.4 is 10.6 Å². The van der Waals surface area contributed by atoms with Crippen molar-refractivity contribution >= 4 is 16.6 Å². The Morgan fingerprint density at radius 1 is 1.15 bits per heavy atom. The minimum Gasteiger partial charge on any atom is -0.381 e. The van der Waals surface area contributed by atoms with E-state index in [2.05, 4.69) is 39.0 Å². The fourth-order valence-corrected chi connectivity index (χ4v) is 4.02. The van der Waals surface area contributed by atoms with Crippen LogP contribution in [0, 0.1) is 5.92 Å². The molecule has 1 saturated carbocycles. The molecule has 1 aliphatic carbocycles. The Bertz CT molecular complexity index is 585. The zero-order valence-electron chi connectivity index (χ0n) is 11.7. The molecule has 1 aliphatic heterocycles. The molecule has 0 spiro atoms. The monoisotopic (exact) mass is 270 g/mol. The average molecular weight is 270 g/mol. The van der Waals surface area contributed by atoms with Crippen molar-refractivity contribution in [3.63, 3.8) is 0 Å². The number of nitrogens with zero attached hydrogens (tertiary/aromatic N) is 1. The average Bonchev–Trinajstić information content (AvgIpc) is 3.20. The first-order valence-electron chi connectivity index (χ1n) is 7.84. The van der Waals surface area contributed by atoms with E-state index in [9.17, 15) is 0 Å². The SMILES string of the molecule is c1cc(NC2CCCC2C2CCCN2)c2cn[nH]c2c1. The van der Waals surface area contributed by atoms with Crippen molar-refractivity contribution in [2.45, 2.75) is 44.2 Å². The molecule has 2 aliphatic rings. The minimum absolute atomic E-state index is 0.603. The van der Waals surface area contributed by atoms with Gasteiger partial charge in [0, 0.05) is 23.2 Å². The van der Waals surface area contributed by atoms with E-state index in [1.165, 1.54) is 49.7 Å². The van der Waals surface area contributed by atoms with E-state index in [1.807, 2.05) is 6.20 Å². The summed E-state index contributed by atoms with van der Waals surface area (Å²) in [7, 11) is 0. The second-order valence-electron chi connectivity index (χ2n) is 6.19. The molecule has 0 amide bonds. The van der Waals surface area contributed by atoms with Crippen molar-refractivity contribution in [2.24, 2.45) is 5.92 Å². The highest BCUT2D eigenvalue weighted by Crippen LogP contribution is 2.35. The van der Waals surface area contributed by atoms with Crippen LogP contribution in [0.15, 0.2) is 24.4 Å². The van der Waals surface area contributed by atoms with Crippen molar-refractivity contribution < 1.29 is 0 Å². The van der Waals surface area contributed by atoms with Crippen LogP contribution in [0.4, 0.5) is 5.69 Å². The molecule has 1 aromatic heterocycles. The Kier molecular flexibility index (Phi) is 3.11. The molecule has 3 unspecified atom stereocenters. The standard InChI is InChI=1S/C16H22N4/c1-4-11(13-8-3-9-17-13)14(5-1)19-15-6-2-7-16-12(15)10-18-20-16/h2,6-7,10-11,13-14,17,19H,1,3-5,8-9H2,(H,18,20). The van der Waals surface area contributed by atoms with E-state index in [-0.39, 0.29) is 0 Å². The summed E-state index contributed by atoms with van der Waals surface area (Å²) in [5.41, 5.74) is 2.34. The van der Waals surface area contributed by atoms with Crippen LogP contribution in [0.25, 0.3) is 10.9 Å². The fourth-order valence-electron chi connectivity index (χ4n) is 4.02. The third-order valence-electron chi connectivity index (χ3n) is 5.01. The molecule has 2 fully saturated rings. The van der Waals surface area contributed by atoms with Gasteiger partial charge in [-0.05, 0) is 50.3 Å². The summed E-state index contributed by atoms with van der Waals surface area (Å²) in [5.74, 6) is 0.777. The maximum absolute atomic E-state index is 4.16. The smallest absolute Gasteiger partial charge is 0.0671 e. The quantitative estimate of drug-likeness (QED) is 0.804. The first-order valence-corrected chi connectivity index (χ1v) is 7.84. The number of benzene rings is 1. The molecule has 0 radical (unpaired) electrons. The molecule has 4 nitrogen and oxygen atoms in total. The Labute approximate surface area is 119 Å². The highest BCUT2D eigenvalue weighted by atomic mass is 15.1. The maximum atomic E-state index is 4.16. The van der Waals surface area contributed by atoms with Crippen molar-refractivity contribution in [2.75, 3.05) is 11.9 Å². The molecule has 3 N–H and O–H groups in total. The van der Waals surface area contributed by atoms with Crippen LogP contribution in [-0.4, -0.2) is 28.8 Å². The van der Waals surface area contributed by atoms with E-state index < -0.39 is 0 Å². The Balaban J connectivity index is 1.56. The molecule has 20 heavy (non-hydrogen) atoms. The predicted molar refractivity (Wildman–Crippen MR) is 81.9 cm³/mol. The molecule has 1 saturated heterocycles. The summed E-state index contributed by atoms with van der Waals surface area (Å²) < 4.78 is 0. The Morgan fingerprint density at radius 2 is 2.15 bits per heavy atom. The first-order chi connectivity index (χ1) is 9.92. The number of hydrogen-bond acceptors (Lipinski definition) is 3. The lowest BCUT2D eigenvalue weighted by Gasteiger charge is -2.27. The number of anilines is 1. The van der Waals surface area contributed by atoms with Gasteiger partial charge >= 0.3 is 0 Å². The lowest BCUT2D eigenvalue weighted by molar-refractivity contribution is 0.376. The lowest BCUT2D eigenvalue weighted by atomic mass is 9.93. The van der Waals surface area contributed by atoms with Gasteiger partial charge in [-0.25, -0.2) is 0 Å². The van der Waals surface area contributed by atoms with Crippen LogP contribution >= 0.6 is 0 Å². The van der Waals surface area contributed by atoms with Gasteiger partial charge in [-0.3, -0.25) is 5.10 Å². The highest BCUT2D eigenvalue weighted by molar-refractivity contribution is 5.90. The largest absolute Gasteiger partial charge is 0.381 e. The second kappa shape index (κ2) is 5.09. The van der Waals surface area contributed by atoms with Crippen LogP contribution in [0.1, 0.15) is 32.1 Å². The van der Waals surface area contributed by atoms with Crippen LogP contribution in [0.5, 0.6) is 0 Å². The van der Waals surface area contributed by atoms with Crippen molar-refractivity contribution in [1.82, 2.24) is 15.5 Å². The predicted octanol–water partition coefficient (Wildman–Crippen LogP) is 2.90. The molecule has 1 aromatic carbocycles. The third-order valence-corrected chi connectivity index (χ3v) is 5.01. The van der Waals surface area contributed by atoms with E-state index in [4.69, 9.17) is 0 Å². The summed E-state index contributed by atoms with van der Waals surface area (Å²) in [6.45, 7) is 1.20. The topological polar surface area (TPSA) is 52.7 Å². The first kappa shape index (κ1) is 12.2. The molecule has 2 heterocycles. The maximum Gasteiger partial charge on any atom is 0.0671 e. The highest BCUT2D eigenvalue weighted by Gasteiger charge is 2.35. The lowest BCUT2D eigenvalue weighted by Crippen LogP contribution is -2.38. The van der Waals surface area contributed by atoms with E-state index >= 15 is 0 Å². The second-order valence-corrected chi connectivity index (χ2v) is 6.19.